The van der Waals surface area contributed by atoms with Gasteiger partial charge in [-0.25, -0.2) is 4.98 Å². The van der Waals surface area contributed by atoms with Crippen LogP contribution in [0.5, 0.6) is 0 Å². The van der Waals surface area contributed by atoms with Crippen molar-refractivity contribution in [3.8, 4) is 6.07 Å². The van der Waals surface area contributed by atoms with E-state index in [4.69, 9.17) is 11.6 Å². The van der Waals surface area contributed by atoms with Crippen molar-refractivity contribution in [2.24, 2.45) is 0 Å². The van der Waals surface area contributed by atoms with Crippen LogP contribution in [0.25, 0.3) is 11.0 Å². The van der Waals surface area contributed by atoms with Gasteiger partial charge in [-0.15, -0.1) is 11.6 Å². The van der Waals surface area contributed by atoms with E-state index in [1.807, 2.05) is 18.2 Å². The first kappa shape index (κ1) is 15.9. The van der Waals surface area contributed by atoms with Gasteiger partial charge in [-0.05, 0) is 25.0 Å². The Morgan fingerprint density at radius 1 is 1.29 bits per heavy atom. The molecule has 1 aromatic carbocycles. The molecule has 0 amide bonds. The van der Waals surface area contributed by atoms with Gasteiger partial charge in [-0.1, -0.05) is 39.2 Å². The summed E-state index contributed by atoms with van der Waals surface area (Å²) < 4.78 is 2.27. The number of benzene rings is 1. The third kappa shape index (κ3) is 3.22. The van der Waals surface area contributed by atoms with Crippen molar-refractivity contribution in [2.45, 2.75) is 57.9 Å². The number of aromatic nitrogens is 2. The van der Waals surface area contributed by atoms with Gasteiger partial charge in [0.25, 0.3) is 0 Å². The van der Waals surface area contributed by atoms with E-state index in [1.54, 1.807) is 0 Å². The van der Waals surface area contributed by atoms with Gasteiger partial charge in [0.05, 0.1) is 17.0 Å². The lowest BCUT2D eigenvalue weighted by Gasteiger charge is -2.21. The first-order valence-electron chi connectivity index (χ1n) is 7.72. The Morgan fingerprint density at radius 3 is 2.71 bits per heavy atom. The molecule has 1 heterocycles. The molecule has 3 nitrogen and oxygen atoms in total. The van der Waals surface area contributed by atoms with E-state index >= 15 is 0 Å². The second-order valence-electron chi connectivity index (χ2n) is 5.40. The zero-order valence-electron chi connectivity index (χ0n) is 12.8. The molecule has 112 valence electrons. The van der Waals surface area contributed by atoms with E-state index in [1.165, 1.54) is 12.8 Å². The van der Waals surface area contributed by atoms with Crippen molar-refractivity contribution in [2.75, 3.05) is 0 Å². The first-order chi connectivity index (χ1) is 10.3. The van der Waals surface area contributed by atoms with Crippen LogP contribution in [0.4, 0.5) is 0 Å². The molecule has 0 N–H and O–H groups in total. The fourth-order valence-corrected chi connectivity index (χ4v) is 3.12. The third-order valence-electron chi connectivity index (χ3n) is 3.91. The van der Waals surface area contributed by atoms with E-state index in [-0.39, 0.29) is 0 Å². The Hall–Kier alpha value is -1.53. The largest absolute Gasteiger partial charge is 0.324 e. The highest BCUT2D eigenvalue weighted by molar-refractivity contribution is 6.16. The number of alkyl halides is 1. The van der Waals surface area contributed by atoms with Gasteiger partial charge in [0, 0.05) is 6.04 Å². The normalized spacial score (nSPS) is 12.5. The van der Waals surface area contributed by atoms with Crippen molar-refractivity contribution in [3.63, 3.8) is 0 Å². The van der Waals surface area contributed by atoms with Crippen molar-refractivity contribution in [1.82, 2.24) is 9.55 Å². The Balaban J connectivity index is 2.56. The number of unbranched alkanes of at least 4 members (excludes halogenated alkanes) is 1. The molecule has 0 fully saturated rings. The summed E-state index contributed by atoms with van der Waals surface area (Å²) >= 11 is 6.11. The highest BCUT2D eigenvalue weighted by Crippen LogP contribution is 2.30. The van der Waals surface area contributed by atoms with E-state index < -0.39 is 0 Å². The summed E-state index contributed by atoms with van der Waals surface area (Å²) in [4.78, 5) is 4.62. The number of imidazole rings is 1. The summed E-state index contributed by atoms with van der Waals surface area (Å²) in [5.74, 6) is 1.26. The summed E-state index contributed by atoms with van der Waals surface area (Å²) in [6.45, 7) is 4.42. The molecule has 4 heteroatoms. The molecule has 1 unspecified atom stereocenters. The first-order valence-corrected chi connectivity index (χ1v) is 8.26. The minimum Gasteiger partial charge on any atom is -0.324 e. The Kier molecular flexibility index (Phi) is 5.64. The van der Waals surface area contributed by atoms with Crippen LogP contribution < -0.4 is 0 Å². The molecule has 0 aliphatic rings. The highest BCUT2D eigenvalue weighted by atomic mass is 35.5. The summed E-state index contributed by atoms with van der Waals surface area (Å²) in [6.07, 6.45) is 5.77. The van der Waals surface area contributed by atoms with E-state index in [0.29, 0.717) is 17.5 Å². The molecular weight excluding hydrogens is 282 g/mol. The van der Waals surface area contributed by atoms with Gasteiger partial charge in [0.2, 0.25) is 0 Å². The predicted octanol–water partition coefficient (Wildman–Crippen LogP) is 5.18. The molecular formula is C17H22ClN3. The van der Waals surface area contributed by atoms with Gasteiger partial charge < -0.3 is 4.57 Å². The topological polar surface area (TPSA) is 41.6 Å². The average Bonchev–Trinajstić information content (AvgIpc) is 2.89. The molecule has 0 bridgehead atoms. The van der Waals surface area contributed by atoms with E-state index in [9.17, 15) is 5.26 Å². The summed E-state index contributed by atoms with van der Waals surface area (Å²) in [5.41, 5.74) is 2.45. The monoisotopic (exact) mass is 303 g/mol. The van der Waals surface area contributed by atoms with Crippen LogP contribution in [-0.2, 0) is 5.88 Å². The number of hydrogen-bond acceptors (Lipinski definition) is 2. The zero-order chi connectivity index (χ0) is 15.2. The number of nitriles is 1. The lowest BCUT2D eigenvalue weighted by Crippen LogP contribution is -2.12. The van der Waals surface area contributed by atoms with Crippen LogP contribution in [-0.4, -0.2) is 9.55 Å². The minimum absolute atomic E-state index is 0.381. The SMILES string of the molecule is CCCCC(CCC)n1c(CCl)nc2c(C#N)cccc21. The fourth-order valence-electron chi connectivity index (χ4n) is 2.93. The second kappa shape index (κ2) is 7.47. The number of rotatable bonds is 7. The molecule has 21 heavy (non-hydrogen) atoms. The van der Waals surface area contributed by atoms with E-state index in [0.717, 1.165) is 36.1 Å². The van der Waals surface area contributed by atoms with Gasteiger partial charge in [0.15, 0.2) is 0 Å². The number of nitrogens with zero attached hydrogens (tertiary/aromatic N) is 3. The Morgan fingerprint density at radius 2 is 2.10 bits per heavy atom. The van der Waals surface area contributed by atoms with Crippen LogP contribution in [0.15, 0.2) is 18.2 Å². The standard InChI is InChI=1S/C17H22ClN3/c1-3-5-9-14(7-4-2)21-15-10-6-8-13(12-19)17(15)20-16(21)11-18/h6,8,10,14H,3-5,7,9,11H2,1-2H3. The summed E-state index contributed by atoms with van der Waals surface area (Å²) in [7, 11) is 0. The third-order valence-corrected chi connectivity index (χ3v) is 4.15. The molecule has 0 saturated heterocycles. The van der Waals surface area contributed by atoms with Crippen molar-refractivity contribution in [3.05, 3.63) is 29.6 Å². The summed E-state index contributed by atoms with van der Waals surface area (Å²) in [6, 6.07) is 8.45. The van der Waals surface area contributed by atoms with Crippen LogP contribution in [0.3, 0.4) is 0 Å². The smallest absolute Gasteiger partial charge is 0.125 e. The van der Waals surface area contributed by atoms with Crippen molar-refractivity contribution >= 4 is 22.6 Å². The van der Waals surface area contributed by atoms with Crippen LogP contribution in [0, 0.1) is 11.3 Å². The quantitative estimate of drug-likeness (QED) is 0.661. The van der Waals surface area contributed by atoms with Gasteiger partial charge in [-0.2, -0.15) is 5.26 Å². The van der Waals surface area contributed by atoms with Gasteiger partial charge >= 0.3 is 0 Å². The molecule has 0 spiro atoms. The van der Waals surface area contributed by atoms with Crippen LogP contribution in [0.1, 0.15) is 63.4 Å². The molecule has 2 aromatic rings. The van der Waals surface area contributed by atoms with Gasteiger partial charge in [-0.3, -0.25) is 0 Å². The summed E-state index contributed by atoms with van der Waals surface area (Å²) in [5, 5.41) is 9.26. The number of halogens is 1. The van der Waals surface area contributed by atoms with Crippen LogP contribution >= 0.6 is 11.6 Å². The van der Waals surface area contributed by atoms with Gasteiger partial charge in [0.1, 0.15) is 17.4 Å². The van der Waals surface area contributed by atoms with Crippen LogP contribution in [0.2, 0.25) is 0 Å². The maximum absolute atomic E-state index is 9.26. The highest BCUT2D eigenvalue weighted by Gasteiger charge is 2.19. The van der Waals surface area contributed by atoms with E-state index in [2.05, 4.69) is 29.5 Å². The molecule has 0 aliphatic carbocycles. The second-order valence-corrected chi connectivity index (χ2v) is 5.67. The number of hydrogen-bond donors (Lipinski definition) is 0. The molecule has 0 saturated carbocycles. The average molecular weight is 304 g/mol. The molecule has 2 rings (SSSR count). The number of fused-ring (bicyclic) bond motifs is 1. The molecule has 0 aliphatic heterocycles. The lowest BCUT2D eigenvalue weighted by molar-refractivity contribution is 0.418. The Labute approximate surface area is 131 Å². The Bertz CT molecular complexity index is 639. The molecule has 1 aromatic heterocycles. The number of para-hydroxylation sites is 1. The lowest BCUT2D eigenvalue weighted by atomic mass is 10.0. The maximum Gasteiger partial charge on any atom is 0.125 e. The zero-order valence-corrected chi connectivity index (χ0v) is 13.5. The van der Waals surface area contributed by atoms with Crippen molar-refractivity contribution in [1.29, 1.82) is 5.26 Å². The molecule has 1 atom stereocenters. The molecule has 0 radical (unpaired) electrons. The maximum atomic E-state index is 9.26. The predicted molar refractivity (Wildman–Crippen MR) is 87.5 cm³/mol. The van der Waals surface area contributed by atoms with Crippen molar-refractivity contribution < 1.29 is 0 Å². The minimum atomic E-state index is 0.381. The fraction of sp³-hybridized carbons (Fsp3) is 0.529.